The molecule has 33 heavy (non-hydrogen) atoms. The van der Waals surface area contributed by atoms with Crippen LogP contribution in [-0.4, -0.2) is 40.3 Å². The van der Waals surface area contributed by atoms with Gasteiger partial charge in [-0.1, -0.05) is 0 Å². The zero-order valence-electron chi connectivity index (χ0n) is 19.5. The van der Waals surface area contributed by atoms with Crippen molar-refractivity contribution >= 4 is 34.4 Å². The minimum atomic E-state index is -0.416. The van der Waals surface area contributed by atoms with Gasteiger partial charge in [0, 0.05) is 42.9 Å². The smallest absolute Gasteiger partial charge is 0.340 e. The molecule has 0 atom stereocenters. The minimum absolute atomic E-state index is 0.416. The van der Waals surface area contributed by atoms with Crippen LogP contribution >= 0.6 is 0 Å². The third-order valence-corrected chi connectivity index (χ3v) is 6.12. The largest absolute Gasteiger partial charge is 0.497 e. The van der Waals surface area contributed by atoms with Gasteiger partial charge in [0.2, 0.25) is 0 Å². The van der Waals surface area contributed by atoms with Crippen LogP contribution in [-0.2, 0) is 4.74 Å². The Morgan fingerprint density at radius 2 is 1.52 bits per heavy atom. The molecule has 172 valence electrons. The van der Waals surface area contributed by atoms with Crippen LogP contribution in [0.3, 0.4) is 0 Å². The first kappa shape index (κ1) is 22.5. The maximum absolute atomic E-state index is 12.2. The summed E-state index contributed by atoms with van der Waals surface area (Å²) in [7, 11) is 5.01. The van der Waals surface area contributed by atoms with E-state index in [1.807, 2.05) is 24.3 Å². The molecule has 4 rings (SSSR count). The number of hydrogen-bond donors (Lipinski definition) is 1. The fourth-order valence-electron chi connectivity index (χ4n) is 4.15. The molecule has 0 radical (unpaired) electrons. The first-order chi connectivity index (χ1) is 16.1. The van der Waals surface area contributed by atoms with Crippen LogP contribution < -0.4 is 19.9 Å². The number of nitrogens with one attached hydrogen (secondary N) is 1. The number of hydrogen-bond acceptors (Lipinski definition) is 6. The van der Waals surface area contributed by atoms with Gasteiger partial charge in [-0.15, -0.1) is 0 Å². The first-order valence-electron chi connectivity index (χ1n) is 11.3. The number of anilines is 5. The number of rotatable bonds is 7. The zero-order chi connectivity index (χ0) is 23.2. The van der Waals surface area contributed by atoms with Crippen LogP contribution in [0.15, 0.2) is 66.7 Å². The van der Waals surface area contributed by atoms with Crippen molar-refractivity contribution in [3.8, 4) is 5.75 Å². The lowest BCUT2D eigenvalue weighted by atomic mass is 10.1. The van der Waals surface area contributed by atoms with E-state index < -0.39 is 5.97 Å². The fraction of sp³-hybridized carbons (Fsp3) is 0.296. The maximum Gasteiger partial charge on any atom is 0.340 e. The number of carbonyl (C=O) groups excluding carboxylic acids is 1. The van der Waals surface area contributed by atoms with Crippen LogP contribution in [0.5, 0.6) is 5.75 Å². The van der Waals surface area contributed by atoms with Crippen LogP contribution in [0.1, 0.15) is 29.6 Å². The Balaban J connectivity index is 1.46. The van der Waals surface area contributed by atoms with Crippen molar-refractivity contribution in [3.05, 3.63) is 72.3 Å². The van der Waals surface area contributed by atoms with Crippen molar-refractivity contribution in [1.29, 1.82) is 0 Å². The summed E-state index contributed by atoms with van der Waals surface area (Å²) in [5, 5.41) is 3.31. The lowest BCUT2D eigenvalue weighted by Crippen LogP contribution is -2.29. The molecule has 1 saturated heterocycles. The highest BCUT2D eigenvalue weighted by Crippen LogP contribution is 2.30. The SMILES string of the molecule is COC(=O)c1cc(OC)ccc1Nc1ccc(N(C)c2ccc(N3CCCCC3)cc2)cc1. The fourth-order valence-corrected chi connectivity index (χ4v) is 4.15. The van der Waals surface area contributed by atoms with Gasteiger partial charge in [-0.3, -0.25) is 0 Å². The molecule has 6 heteroatoms. The lowest BCUT2D eigenvalue weighted by molar-refractivity contribution is 0.0601. The van der Waals surface area contributed by atoms with Crippen LogP contribution in [0, 0.1) is 0 Å². The van der Waals surface area contributed by atoms with Gasteiger partial charge < -0.3 is 24.6 Å². The summed E-state index contributed by atoms with van der Waals surface area (Å²) in [6, 6.07) is 22.2. The zero-order valence-corrected chi connectivity index (χ0v) is 19.5. The Labute approximate surface area is 195 Å². The minimum Gasteiger partial charge on any atom is -0.497 e. The lowest BCUT2D eigenvalue weighted by Gasteiger charge is -2.29. The molecule has 0 aliphatic carbocycles. The van der Waals surface area contributed by atoms with Gasteiger partial charge in [-0.05, 0) is 86.0 Å². The highest BCUT2D eigenvalue weighted by atomic mass is 16.5. The predicted octanol–water partition coefficient (Wildman–Crippen LogP) is 5.98. The Kier molecular flexibility index (Phi) is 7.03. The number of carbonyl (C=O) groups is 1. The van der Waals surface area contributed by atoms with E-state index >= 15 is 0 Å². The Bertz CT molecular complexity index is 1070. The van der Waals surface area contributed by atoms with Crippen molar-refractivity contribution in [1.82, 2.24) is 0 Å². The van der Waals surface area contributed by atoms with E-state index in [0.717, 1.165) is 30.2 Å². The van der Waals surface area contributed by atoms with Gasteiger partial charge in [-0.2, -0.15) is 0 Å². The standard InChI is InChI=1S/C27H31N3O3/c1-29(22-11-13-23(14-12-22)30-17-5-4-6-18-30)21-9-7-20(8-10-21)28-26-16-15-24(32-2)19-25(26)27(31)33-3/h7-16,19,28H,4-6,17-18H2,1-3H3. The van der Waals surface area contributed by atoms with E-state index in [1.54, 1.807) is 13.2 Å². The molecule has 1 fully saturated rings. The Morgan fingerprint density at radius 3 is 2.12 bits per heavy atom. The molecule has 0 saturated carbocycles. The summed E-state index contributed by atoms with van der Waals surface area (Å²) in [6.45, 7) is 2.30. The van der Waals surface area contributed by atoms with E-state index in [1.165, 1.54) is 32.1 Å². The first-order valence-corrected chi connectivity index (χ1v) is 11.3. The van der Waals surface area contributed by atoms with Gasteiger partial charge >= 0.3 is 5.97 Å². The monoisotopic (exact) mass is 445 g/mol. The molecule has 0 bridgehead atoms. The molecule has 0 spiro atoms. The second-order valence-electron chi connectivity index (χ2n) is 8.20. The number of nitrogens with zero attached hydrogens (tertiary/aromatic N) is 2. The van der Waals surface area contributed by atoms with E-state index in [2.05, 4.69) is 58.6 Å². The van der Waals surface area contributed by atoms with Crippen molar-refractivity contribution in [2.75, 3.05) is 49.5 Å². The quantitative estimate of drug-likeness (QED) is 0.451. The summed E-state index contributed by atoms with van der Waals surface area (Å²) in [6.07, 6.45) is 3.89. The number of ether oxygens (including phenoxy) is 2. The molecule has 0 amide bonds. The third kappa shape index (κ3) is 5.22. The molecule has 3 aromatic carbocycles. The second-order valence-corrected chi connectivity index (χ2v) is 8.20. The normalized spacial score (nSPS) is 13.4. The summed E-state index contributed by atoms with van der Waals surface area (Å²) < 4.78 is 10.2. The topological polar surface area (TPSA) is 54.0 Å². The van der Waals surface area contributed by atoms with E-state index in [9.17, 15) is 4.79 Å². The molecule has 1 heterocycles. The average Bonchev–Trinajstić information content (AvgIpc) is 2.89. The van der Waals surface area contributed by atoms with Gasteiger partial charge in [-0.25, -0.2) is 4.79 Å². The second kappa shape index (κ2) is 10.3. The summed E-state index contributed by atoms with van der Waals surface area (Å²) in [5.41, 5.74) is 5.48. The van der Waals surface area contributed by atoms with Crippen molar-refractivity contribution in [3.63, 3.8) is 0 Å². The summed E-state index contributed by atoms with van der Waals surface area (Å²) >= 11 is 0. The summed E-state index contributed by atoms with van der Waals surface area (Å²) in [5.74, 6) is 0.185. The van der Waals surface area contributed by atoms with E-state index in [-0.39, 0.29) is 0 Å². The average molecular weight is 446 g/mol. The van der Waals surface area contributed by atoms with E-state index in [0.29, 0.717) is 17.0 Å². The molecule has 1 aliphatic heterocycles. The van der Waals surface area contributed by atoms with E-state index in [4.69, 9.17) is 9.47 Å². The number of esters is 1. The van der Waals surface area contributed by atoms with Crippen molar-refractivity contribution < 1.29 is 14.3 Å². The maximum atomic E-state index is 12.2. The van der Waals surface area contributed by atoms with Gasteiger partial charge in [0.25, 0.3) is 0 Å². The van der Waals surface area contributed by atoms with Gasteiger partial charge in [0.05, 0.1) is 25.5 Å². The molecule has 0 unspecified atom stereocenters. The van der Waals surface area contributed by atoms with Gasteiger partial charge in [0.15, 0.2) is 0 Å². The van der Waals surface area contributed by atoms with Crippen molar-refractivity contribution in [2.24, 2.45) is 0 Å². The molecule has 0 aromatic heterocycles. The highest BCUT2D eigenvalue weighted by Gasteiger charge is 2.14. The van der Waals surface area contributed by atoms with Crippen LogP contribution in [0.4, 0.5) is 28.4 Å². The molecule has 1 aliphatic rings. The number of methoxy groups -OCH3 is 2. The number of piperidine rings is 1. The summed E-state index contributed by atoms with van der Waals surface area (Å²) in [4.78, 5) is 16.8. The molecular formula is C27H31N3O3. The number of benzene rings is 3. The van der Waals surface area contributed by atoms with Gasteiger partial charge in [0.1, 0.15) is 5.75 Å². The Hall–Kier alpha value is -3.67. The van der Waals surface area contributed by atoms with Crippen LogP contribution in [0.2, 0.25) is 0 Å². The van der Waals surface area contributed by atoms with Crippen LogP contribution in [0.25, 0.3) is 0 Å². The molecular weight excluding hydrogens is 414 g/mol. The molecule has 3 aromatic rings. The molecule has 6 nitrogen and oxygen atoms in total. The van der Waals surface area contributed by atoms with Crippen molar-refractivity contribution in [2.45, 2.75) is 19.3 Å². The molecule has 1 N–H and O–H groups in total. The highest BCUT2D eigenvalue weighted by molar-refractivity contribution is 5.97. The predicted molar refractivity (Wildman–Crippen MR) is 135 cm³/mol. The Morgan fingerprint density at radius 1 is 0.879 bits per heavy atom. The third-order valence-electron chi connectivity index (χ3n) is 6.12.